The van der Waals surface area contributed by atoms with E-state index in [2.05, 4.69) is 86.8 Å². The summed E-state index contributed by atoms with van der Waals surface area (Å²) in [6.45, 7) is 3.94. The Kier molecular flexibility index (Phi) is 34.7. The lowest BCUT2D eigenvalue weighted by atomic mass is 10.1. The summed E-state index contributed by atoms with van der Waals surface area (Å²) in [7, 11) is 0. The number of allylic oxidation sites excluding steroid dienone is 12. The summed E-state index contributed by atoms with van der Waals surface area (Å²) >= 11 is 0. The number of carbonyl (C=O) groups excluding carboxylic acids is 2. The van der Waals surface area contributed by atoms with E-state index < -0.39 is 6.10 Å². The van der Waals surface area contributed by atoms with Gasteiger partial charge in [0.05, 0.1) is 6.61 Å². The average Bonchev–Trinajstić information content (AvgIpc) is 3.06. The summed E-state index contributed by atoms with van der Waals surface area (Å²) in [6, 6.07) is 0. The molecular formula is C41H68O5. The van der Waals surface area contributed by atoms with Gasteiger partial charge >= 0.3 is 11.9 Å². The largest absolute Gasteiger partial charge is 0.462 e. The van der Waals surface area contributed by atoms with E-state index in [0.717, 1.165) is 57.8 Å². The van der Waals surface area contributed by atoms with Crippen molar-refractivity contribution in [1.82, 2.24) is 0 Å². The molecule has 0 fully saturated rings. The number of aliphatic hydroxyl groups is 1. The van der Waals surface area contributed by atoms with Crippen molar-refractivity contribution in [1.29, 1.82) is 0 Å². The van der Waals surface area contributed by atoms with Crippen LogP contribution in [0.3, 0.4) is 0 Å². The van der Waals surface area contributed by atoms with Crippen LogP contribution < -0.4 is 0 Å². The van der Waals surface area contributed by atoms with Crippen molar-refractivity contribution in [2.24, 2.45) is 0 Å². The van der Waals surface area contributed by atoms with Gasteiger partial charge in [-0.2, -0.15) is 0 Å². The predicted molar refractivity (Wildman–Crippen MR) is 196 cm³/mol. The first-order valence-electron chi connectivity index (χ1n) is 18.5. The van der Waals surface area contributed by atoms with E-state index in [-0.39, 0.29) is 25.2 Å². The molecule has 1 N–H and O–H groups in total. The van der Waals surface area contributed by atoms with Crippen LogP contribution in [0.2, 0.25) is 0 Å². The number of ether oxygens (including phenoxy) is 2. The van der Waals surface area contributed by atoms with E-state index in [9.17, 15) is 14.7 Å². The topological polar surface area (TPSA) is 72.8 Å². The monoisotopic (exact) mass is 641 g/mol. The van der Waals surface area contributed by atoms with E-state index in [1.807, 2.05) is 0 Å². The molecule has 0 amide bonds. The standard InChI is InChI=1S/C41H68O5/c1-3-5-7-9-11-13-15-17-19-20-22-23-25-27-29-31-33-35-40(43)45-38-39(37-42)46-41(44)36-34-32-30-28-26-24-21-18-16-14-12-10-8-6-4-2/h5,7,11,13-14,16-17,19,22-23,27,29,39,42H,3-4,6,8-10,12,15,18,20-21,24-26,28,30-38H2,1-2H3/b7-5-,13-11-,16-14-,19-17-,23-22-,29-27-/t39-/m0/s1. The van der Waals surface area contributed by atoms with E-state index in [1.165, 1.54) is 64.2 Å². The molecule has 0 bridgehead atoms. The number of hydrogen-bond donors (Lipinski definition) is 1. The van der Waals surface area contributed by atoms with Gasteiger partial charge in [-0.15, -0.1) is 0 Å². The van der Waals surface area contributed by atoms with E-state index in [0.29, 0.717) is 19.3 Å². The zero-order chi connectivity index (χ0) is 33.6. The third kappa shape index (κ3) is 34.2. The summed E-state index contributed by atoms with van der Waals surface area (Å²) in [5.74, 6) is -0.671. The summed E-state index contributed by atoms with van der Waals surface area (Å²) in [5, 5.41) is 9.53. The van der Waals surface area contributed by atoms with Crippen LogP contribution in [0.4, 0.5) is 0 Å². The average molecular weight is 641 g/mol. The maximum atomic E-state index is 12.1. The molecular weight excluding hydrogens is 572 g/mol. The SMILES string of the molecule is CC/C=C\C/C=C\C/C=C\C/C=C\C/C=C\CCCC(=O)OC[C@H](CO)OC(=O)CCCCCCCCC/C=C\CCCCCC. The van der Waals surface area contributed by atoms with Gasteiger partial charge in [0.1, 0.15) is 6.61 Å². The quantitative estimate of drug-likeness (QED) is 0.0450. The second-order valence-electron chi connectivity index (χ2n) is 11.9. The molecule has 0 rings (SSSR count). The summed E-state index contributed by atoms with van der Waals surface area (Å²) in [4.78, 5) is 24.2. The van der Waals surface area contributed by atoms with E-state index >= 15 is 0 Å². The maximum absolute atomic E-state index is 12.1. The minimum atomic E-state index is -0.798. The molecule has 0 saturated heterocycles. The van der Waals surface area contributed by atoms with Crippen molar-refractivity contribution in [2.45, 2.75) is 161 Å². The van der Waals surface area contributed by atoms with Gasteiger partial charge in [-0.1, -0.05) is 138 Å². The fourth-order valence-electron chi connectivity index (χ4n) is 4.70. The Morgan fingerprint density at radius 2 is 0.957 bits per heavy atom. The molecule has 0 spiro atoms. The van der Waals surface area contributed by atoms with Crippen LogP contribution in [0.15, 0.2) is 72.9 Å². The van der Waals surface area contributed by atoms with Crippen molar-refractivity contribution in [3.63, 3.8) is 0 Å². The molecule has 0 aromatic rings. The van der Waals surface area contributed by atoms with E-state index in [4.69, 9.17) is 9.47 Å². The first-order valence-corrected chi connectivity index (χ1v) is 18.5. The van der Waals surface area contributed by atoms with Crippen molar-refractivity contribution in [3.8, 4) is 0 Å². The molecule has 0 aromatic carbocycles. The van der Waals surface area contributed by atoms with Gasteiger partial charge < -0.3 is 14.6 Å². The lowest BCUT2D eigenvalue weighted by Gasteiger charge is -2.15. The van der Waals surface area contributed by atoms with Crippen molar-refractivity contribution >= 4 is 11.9 Å². The summed E-state index contributed by atoms with van der Waals surface area (Å²) < 4.78 is 10.5. The molecule has 46 heavy (non-hydrogen) atoms. The van der Waals surface area contributed by atoms with Crippen LogP contribution in [0.25, 0.3) is 0 Å². The highest BCUT2D eigenvalue weighted by atomic mass is 16.6. The number of hydrogen-bond acceptors (Lipinski definition) is 5. The van der Waals surface area contributed by atoms with Gasteiger partial charge in [-0.3, -0.25) is 9.59 Å². The molecule has 0 aliphatic rings. The van der Waals surface area contributed by atoms with Crippen molar-refractivity contribution in [2.75, 3.05) is 13.2 Å². The Morgan fingerprint density at radius 1 is 0.522 bits per heavy atom. The number of carbonyl (C=O) groups is 2. The van der Waals surface area contributed by atoms with Crippen LogP contribution in [-0.4, -0.2) is 36.4 Å². The Hall–Kier alpha value is -2.66. The number of unbranched alkanes of at least 4 members (excludes halogenated alkanes) is 12. The zero-order valence-electron chi connectivity index (χ0n) is 29.6. The summed E-state index contributed by atoms with van der Waals surface area (Å²) in [6.07, 6.45) is 48.2. The van der Waals surface area contributed by atoms with Gasteiger partial charge in [-0.05, 0) is 77.0 Å². The number of aliphatic hydroxyl groups excluding tert-OH is 1. The van der Waals surface area contributed by atoms with Crippen molar-refractivity contribution < 1.29 is 24.2 Å². The Balaban J connectivity index is 3.70. The molecule has 0 unspecified atom stereocenters. The molecule has 1 atom stereocenters. The number of rotatable bonds is 32. The Morgan fingerprint density at radius 3 is 1.50 bits per heavy atom. The first kappa shape index (κ1) is 43.3. The maximum Gasteiger partial charge on any atom is 0.306 e. The van der Waals surface area contributed by atoms with Crippen LogP contribution in [0.1, 0.15) is 155 Å². The minimum Gasteiger partial charge on any atom is -0.462 e. The number of esters is 2. The molecule has 5 nitrogen and oxygen atoms in total. The second-order valence-corrected chi connectivity index (χ2v) is 11.9. The van der Waals surface area contributed by atoms with Crippen LogP contribution >= 0.6 is 0 Å². The fourth-order valence-corrected chi connectivity index (χ4v) is 4.70. The zero-order valence-corrected chi connectivity index (χ0v) is 29.6. The summed E-state index contributed by atoms with van der Waals surface area (Å²) in [5.41, 5.74) is 0. The van der Waals surface area contributed by atoms with Crippen LogP contribution in [0.5, 0.6) is 0 Å². The Labute approximate surface area is 283 Å². The lowest BCUT2D eigenvalue weighted by molar-refractivity contribution is -0.161. The Bertz CT molecular complexity index is 864. The van der Waals surface area contributed by atoms with Crippen LogP contribution in [-0.2, 0) is 19.1 Å². The molecule has 0 radical (unpaired) electrons. The van der Waals surface area contributed by atoms with Crippen molar-refractivity contribution in [3.05, 3.63) is 72.9 Å². The molecule has 0 saturated carbocycles. The highest BCUT2D eigenvalue weighted by Crippen LogP contribution is 2.12. The van der Waals surface area contributed by atoms with Gasteiger partial charge in [0.25, 0.3) is 0 Å². The minimum absolute atomic E-state index is 0.100. The molecule has 5 heteroatoms. The molecule has 262 valence electrons. The van der Waals surface area contributed by atoms with Gasteiger partial charge in [0.15, 0.2) is 6.10 Å². The van der Waals surface area contributed by atoms with Gasteiger partial charge in [-0.25, -0.2) is 0 Å². The lowest BCUT2D eigenvalue weighted by Crippen LogP contribution is -2.28. The highest BCUT2D eigenvalue weighted by Gasteiger charge is 2.16. The molecule has 0 aliphatic heterocycles. The first-order chi connectivity index (χ1) is 22.6. The molecule has 0 aliphatic carbocycles. The molecule has 0 aromatic heterocycles. The predicted octanol–water partition coefficient (Wildman–Crippen LogP) is 11.4. The fraction of sp³-hybridized carbons (Fsp3) is 0.659. The highest BCUT2D eigenvalue weighted by molar-refractivity contribution is 5.70. The van der Waals surface area contributed by atoms with E-state index in [1.54, 1.807) is 0 Å². The van der Waals surface area contributed by atoms with Gasteiger partial charge in [0, 0.05) is 12.8 Å². The molecule has 0 heterocycles. The smallest absolute Gasteiger partial charge is 0.306 e. The third-order valence-electron chi connectivity index (χ3n) is 7.48. The van der Waals surface area contributed by atoms with Crippen LogP contribution in [0, 0.1) is 0 Å². The second kappa shape index (κ2) is 36.8. The van der Waals surface area contributed by atoms with Gasteiger partial charge in [0.2, 0.25) is 0 Å². The normalized spacial score (nSPS) is 13.0. The third-order valence-corrected chi connectivity index (χ3v) is 7.48.